The minimum Gasteiger partial charge on any atom is -0.354 e. The molecule has 2 aromatic rings. The lowest BCUT2D eigenvalue weighted by molar-refractivity contribution is -0.139. The van der Waals surface area contributed by atoms with Gasteiger partial charge in [-0.25, -0.2) is 8.42 Å². The number of anilines is 1. The van der Waals surface area contributed by atoms with Gasteiger partial charge in [0.25, 0.3) is 0 Å². The third-order valence-corrected chi connectivity index (χ3v) is 6.67. The second-order valence-corrected chi connectivity index (χ2v) is 10.5. The van der Waals surface area contributed by atoms with Crippen LogP contribution in [0.15, 0.2) is 42.5 Å². The maximum absolute atomic E-state index is 13.5. The quantitative estimate of drug-likeness (QED) is 0.547. The van der Waals surface area contributed by atoms with E-state index >= 15 is 0 Å². The van der Waals surface area contributed by atoms with Gasteiger partial charge in [0, 0.05) is 18.1 Å². The van der Waals surface area contributed by atoms with Gasteiger partial charge in [-0.05, 0) is 50.5 Å². The average Bonchev–Trinajstić information content (AvgIpc) is 2.75. The number of carbonyl (C=O) groups excluding carboxylic acids is 2. The summed E-state index contributed by atoms with van der Waals surface area (Å²) < 4.78 is 26.3. The number of nitrogens with zero attached hydrogens (tertiary/aromatic N) is 2. The molecule has 0 saturated carbocycles. The normalized spacial score (nSPS) is 12.2. The van der Waals surface area contributed by atoms with Crippen molar-refractivity contribution < 1.29 is 18.0 Å². The number of aryl methyl sites for hydroxylation is 2. The van der Waals surface area contributed by atoms with Crippen molar-refractivity contribution in [3.63, 3.8) is 0 Å². The van der Waals surface area contributed by atoms with E-state index in [-0.39, 0.29) is 12.5 Å². The number of hydrogen-bond acceptors (Lipinski definition) is 4. The molecule has 0 aliphatic carbocycles. The van der Waals surface area contributed by atoms with Crippen molar-refractivity contribution in [2.24, 2.45) is 0 Å². The summed E-state index contributed by atoms with van der Waals surface area (Å²) in [6.07, 6.45) is 1.81. The van der Waals surface area contributed by atoms with E-state index in [9.17, 15) is 18.0 Å². The topological polar surface area (TPSA) is 86.8 Å². The molecule has 0 saturated heterocycles. The van der Waals surface area contributed by atoms with Gasteiger partial charge in [0.1, 0.15) is 12.6 Å². The number of halogens is 1. The molecular formula is C24H32ClN3O4S. The zero-order valence-electron chi connectivity index (χ0n) is 19.8. The van der Waals surface area contributed by atoms with Gasteiger partial charge in [-0.15, -0.1) is 0 Å². The highest BCUT2D eigenvalue weighted by Crippen LogP contribution is 2.26. The Bertz CT molecular complexity index is 1090. The van der Waals surface area contributed by atoms with Crippen LogP contribution in [-0.4, -0.2) is 50.5 Å². The molecule has 1 unspecified atom stereocenters. The summed E-state index contributed by atoms with van der Waals surface area (Å²) in [4.78, 5) is 27.6. The Hall–Kier alpha value is -2.58. The average molecular weight is 494 g/mol. The van der Waals surface area contributed by atoms with Gasteiger partial charge in [-0.2, -0.15) is 0 Å². The zero-order valence-corrected chi connectivity index (χ0v) is 21.3. The third-order valence-electron chi connectivity index (χ3n) is 5.31. The molecule has 0 spiro atoms. The summed E-state index contributed by atoms with van der Waals surface area (Å²) in [6.45, 7) is 7.52. The second-order valence-electron chi connectivity index (χ2n) is 8.17. The SMILES string of the molecule is CCCNC(=O)C(C)N(Cc1ccc(C)cc1)C(=O)CN(c1cc(Cl)ccc1C)S(C)(=O)=O. The number of benzene rings is 2. The molecule has 7 nitrogen and oxygen atoms in total. The Morgan fingerprint density at radius 1 is 1.09 bits per heavy atom. The van der Waals surface area contributed by atoms with Crippen LogP contribution in [0, 0.1) is 13.8 Å². The van der Waals surface area contributed by atoms with Crippen LogP contribution in [0.2, 0.25) is 5.02 Å². The van der Waals surface area contributed by atoms with Gasteiger partial charge in [0.05, 0.1) is 11.9 Å². The van der Waals surface area contributed by atoms with Crippen LogP contribution in [0.25, 0.3) is 0 Å². The molecule has 0 heterocycles. The first kappa shape index (κ1) is 26.7. The summed E-state index contributed by atoms with van der Waals surface area (Å²) in [5.74, 6) is -0.776. The number of amides is 2. The maximum atomic E-state index is 13.5. The van der Waals surface area contributed by atoms with Crippen LogP contribution in [0.5, 0.6) is 0 Å². The van der Waals surface area contributed by atoms with Crippen molar-refractivity contribution >= 4 is 39.1 Å². The number of rotatable bonds is 10. The Balaban J connectivity index is 2.40. The minimum atomic E-state index is -3.80. The standard InChI is InChI=1S/C24H32ClN3O4S/c1-6-13-26-24(30)19(4)27(15-20-10-7-17(2)8-11-20)23(29)16-28(33(5,31)32)22-14-21(25)12-9-18(22)3/h7-12,14,19H,6,13,15-16H2,1-5H3,(H,26,30). The van der Waals surface area contributed by atoms with Gasteiger partial charge >= 0.3 is 0 Å². The van der Waals surface area contributed by atoms with Crippen LogP contribution >= 0.6 is 11.6 Å². The summed E-state index contributed by atoms with van der Waals surface area (Å²) >= 11 is 6.10. The molecule has 0 aromatic heterocycles. The van der Waals surface area contributed by atoms with Crippen molar-refractivity contribution in [3.8, 4) is 0 Å². The van der Waals surface area contributed by atoms with Crippen LogP contribution in [0.1, 0.15) is 37.0 Å². The fourth-order valence-corrected chi connectivity index (χ4v) is 4.38. The first-order valence-electron chi connectivity index (χ1n) is 10.8. The van der Waals surface area contributed by atoms with E-state index in [1.165, 1.54) is 11.0 Å². The molecule has 0 bridgehead atoms. The van der Waals surface area contributed by atoms with Crippen LogP contribution in [0.3, 0.4) is 0 Å². The summed E-state index contributed by atoms with van der Waals surface area (Å²) in [7, 11) is -3.80. The fourth-order valence-electron chi connectivity index (χ4n) is 3.31. The Morgan fingerprint density at radius 2 is 1.73 bits per heavy atom. The summed E-state index contributed by atoms with van der Waals surface area (Å²) in [6, 6.07) is 11.7. The van der Waals surface area contributed by atoms with Gasteiger partial charge in [-0.1, -0.05) is 54.4 Å². The molecule has 0 fully saturated rings. The molecule has 180 valence electrons. The van der Waals surface area contributed by atoms with E-state index in [0.717, 1.165) is 28.1 Å². The molecule has 33 heavy (non-hydrogen) atoms. The Morgan fingerprint density at radius 3 is 2.30 bits per heavy atom. The predicted molar refractivity (Wildman–Crippen MR) is 133 cm³/mol. The molecule has 1 atom stereocenters. The van der Waals surface area contributed by atoms with Gasteiger partial charge in [0.2, 0.25) is 21.8 Å². The molecule has 0 radical (unpaired) electrons. The molecule has 2 rings (SSSR count). The maximum Gasteiger partial charge on any atom is 0.244 e. The number of nitrogens with one attached hydrogen (secondary N) is 1. The lowest BCUT2D eigenvalue weighted by Gasteiger charge is -2.32. The van der Waals surface area contributed by atoms with Crippen molar-refractivity contribution in [1.82, 2.24) is 10.2 Å². The monoisotopic (exact) mass is 493 g/mol. The Kier molecular flexibility index (Phi) is 9.31. The molecule has 2 amide bonds. The lowest BCUT2D eigenvalue weighted by Crippen LogP contribution is -2.51. The molecule has 0 aliphatic rings. The lowest BCUT2D eigenvalue weighted by atomic mass is 10.1. The smallest absolute Gasteiger partial charge is 0.244 e. The van der Waals surface area contributed by atoms with Crippen LogP contribution < -0.4 is 9.62 Å². The molecule has 1 N–H and O–H groups in total. The highest BCUT2D eigenvalue weighted by molar-refractivity contribution is 7.92. The van der Waals surface area contributed by atoms with E-state index in [4.69, 9.17) is 11.6 Å². The van der Waals surface area contributed by atoms with Crippen LogP contribution in [-0.2, 0) is 26.2 Å². The zero-order chi connectivity index (χ0) is 24.8. The first-order valence-corrected chi connectivity index (χ1v) is 13.0. The van der Waals surface area contributed by atoms with Crippen molar-refractivity contribution in [3.05, 3.63) is 64.2 Å². The van der Waals surface area contributed by atoms with E-state index in [0.29, 0.717) is 22.8 Å². The minimum absolute atomic E-state index is 0.173. The van der Waals surface area contributed by atoms with E-state index in [1.54, 1.807) is 26.0 Å². The van der Waals surface area contributed by atoms with Crippen molar-refractivity contribution in [1.29, 1.82) is 0 Å². The third kappa shape index (κ3) is 7.47. The van der Waals surface area contributed by atoms with Gasteiger partial charge in [0.15, 0.2) is 0 Å². The van der Waals surface area contributed by atoms with Crippen molar-refractivity contribution in [2.75, 3.05) is 23.7 Å². The Labute approximate surface area is 201 Å². The molecular weight excluding hydrogens is 462 g/mol. The van der Waals surface area contributed by atoms with Crippen LogP contribution in [0.4, 0.5) is 5.69 Å². The fraction of sp³-hybridized carbons (Fsp3) is 0.417. The van der Waals surface area contributed by atoms with Gasteiger partial charge < -0.3 is 10.2 Å². The number of carbonyl (C=O) groups is 2. The largest absolute Gasteiger partial charge is 0.354 e. The van der Waals surface area contributed by atoms with Crippen molar-refractivity contribution in [2.45, 2.75) is 46.7 Å². The van der Waals surface area contributed by atoms with E-state index < -0.39 is 28.5 Å². The summed E-state index contributed by atoms with van der Waals surface area (Å²) in [5.41, 5.74) is 2.91. The predicted octanol–water partition coefficient (Wildman–Crippen LogP) is 3.67. The second kappa shape index (κ2) is 11.5. The molecule has 2 aromatic carbocycles. The highest BCUT2D eigenvalue weighted by atomic mass is 35.5. The number of hydrogen-bond donors (Lipinski definition) is 1. The first-order chi connectivity index (χ1) is 15.4. The highest BCUT2D eigenvalue weighted by Gasteiger charge is 2.30. The van der Waals surface area contributed by atoms with E-state index in [2.05, 4.69) is 5.32 Å². The van der Waals surface area contributed by atoms with Gasteiger partial charge in [-0.3, -0.25) is 13.9 Å². The molecule has 9 heteroatoms. The molecule has 0 aliphatic heterocycles. The number of sulfonamides is 1. The summed E-state index contributed by atoms with van der Waals surface area (Å²) in [5, 5.41) is 3.17. The van der Waals surface area contributed by atoms with E-state index in [1.807, 2.05) is 38.1 Å².